The van der Waals surface area contributed by atoms with Crippen LogP contribution in [0.2, 0.25) is 0 Å². The molecule has 23 heavy (non-hydrogen) atoms. The Morgan fingerprint density at radius 3 is 2.65 bits per heavy atom. The first-order valence-electron chi connectivity index (χ1n) is 7.92. The number of nitrogens with zero attached hydrogens (tertiary/aromatic N) is 3. The number of hydrogen-bond donors (Lipinski definition) is 0. The normalized spacial score (nSPS) is 18.2. The van der Waals surface area contributed by atoms with Crippen LogP contribution in [-0.2, 0) is 6.42 Å². The highest BCUT2D eigenvalue weighted by Gasteiger charge is 2.23. The number of piperazine rings is 1. The Hall–Kier alpha value is -1.37. The van der Waals surface area contributed by atoms with E-state index in [4.69, 9.17) is 0 Å². The van der Waals surface area contributed by atoms with Crippen molar-refractivity contribution in [3.63, 3.8) is 0 Å². The molecule has 0 spiro atoms. The predicted molar refractivity (Wildman–Crippen MR) is 88.6 cm³/mol. The monoisotopic (exact) mass is 337 g/mol. The molecule has 3 nitrogen and oxygen atoms in total. The van der Waals surface area contributed by atoms with Crippen LogP contribution >= 0.6 is 11.3 Å². The summed E-state index contributed by atoms with van der Waals surface area (Å²) >= 11 is 1.63. The fraction of sp³-hybridized carbons (Fsp3) is 0.471. The minimum absolute atomic E-state index is 0.0312. The molecular formula is C17H21F2N3S. The maximum absolute atomic E-state index is 13.9. The molecule has 0 N–H and O–H groups in total. The second-order valence-electron chi connectivity index (χ2n) is 5.95. The Balaban J connectivity index is 1.51. The Labute approximate surface area is 139 Å². The number of aromatic nitrogens is 1. The molecule has 1 aliphatic heterocycles. The van der Waals surface area contributed by atoms with Crippen molar-refractivity contribution in [1.29, 1.82) is 0 Å². The van der Waals surface area contributed by atoms with Gasteiger partial charge in [-0.3, -0.25) is 4.90 Å². The highest BCUT2D eigenvalue weighted by atomic mass is 32.1. The molecule has 0 saturated carbocycles. The van der Waals surface area contributed by atoms with Gasteiger partial charge in [-0.2, -0.15) is 0 Å². The van der Waals surface area contributed by atoms with E-state index in [-0.39, 0.29) is 6.04 Å². The Kier molecular flexibility index (Phi) is 5.35. The van der Waals surface area contributed by atoms with E-state index >= 15 is 0 Å². The van der Waals surface area contributed by atoms with Crippen molar-refractivity contribution in [3.05, 3.63) is 52.0 Å². The standard InChI is InChI=1S/C17H21F2N3S/c1-13(16-3-2-14(18)10-17(16)19)22-8-6-21(7-9-22)5-4-15-11-23-12-20-15/h2-3,10-13H,4-9H2,1H3/t13-/m0/s1. The molecule has 2 heterocycles. The summed E-state index contributed by atoms with van der Waals surface area (Å²) in [5.41, 5.74) is 3.59. The van der Waals surface area contributed by atoms with Gasteiger partial charge in [0.1, 0.15) is 11.6 Å². The summed E-state index contributed by atoms with van der Waals surface area (Å²) in [6.45, 7) is 6.73. The van der Waals surface area contributed by atoms with Crippen LogP contribution in [-0.4, -0.2) is 47.5 Å². The number of rotatable bonds is 5. The molecule has 1 fully saturated rings. The van der Waals surface area contributed by atoms with Gasteiger partial charge in [-0.25, -0.2) is 13.8 Å². The van der Waals surface area contributed by atoms with Crippen molar-refractivity contribution in [2.45, 2.75) is 19.4 Å². The van der Waals surface area contributed by atoms with E-state index in [1.807, 2.05) is 12.4 Å². The first-order valence-corrected chi connectivity index (χ1v) is 8.86. The zero-order valence-corrected chi connectivity index (χ0v) is 14.0. The Bertz CT molecular complexity index is 625. The molecule has 6 heteroatoms. The number of hydrogen-bond acceptors (Lipinski definition) is 4. The quantitative estimate of drug-likeness (QED) is 0.834. The molecule has 1 aromatic carbocycles. The van der Waals surface area contributed by atoms with Gasteiger partial charge in [0.25, 0.3) is 0 Å². The SMILES string of the molecule is C[C@@H](c1ccc(F)cc1F)N1CCN(CCc2cscn2)CC1. The molecule has 0 amide bonds. The van der Waals surface area contributed by atoms with Gasteiger partial charge in [0, 0.05) is 62.2 Å². The van der Waals surface area contributed by atoms with E-state index < -0.39 is 11.6 Å². The van der Waals surface area contributed by atoms with Crippen molar-refractivity contribution in [2.75, 3.05) is 32.7 Å². The minimum atomic E-state index is -0.523. The van der Waals surface area contributed by atoms with Gasteiger partial charge in [0.05, 0.1) is 11.2 Å². The van der Waals surface area contributed by atoms with Gasteiger partial charge in [-0.05, 0) is 13.0 Å². The third-order valence-electron chi connectivity index (χ3n) is 4.53. The van der Waals surface area contributed by atoms with Crippen molar-refractivity contribution < 1.29 is 8.78 Å². The molecule has 124 valence electrons. The summed E-state index contributed by atoms with van der Waals surface area (Å²) < 4.78 is 27.0. The second kappa shape index (κ2) is 7.47. The maximum atomic E-state index is 13.9. The van der Waals surface area contributed by atoms with E-state index in [1.54, 1.807) is 17.4 Å². The molecule has 0 bridgehead atoms. The lowest BCUT2D eigenvalue weighted by Gasteiger charge is -2.38. The Morgan fingerprint density at radius 2 is 2.00 bits per heavy atom. The maximum Gasteiger partial charge on any atom is 0.130 e. The molecular weight excluding hydrogens is 316 g/mol. The van der Waals surface area contributed by atoms with Gasteiger partial charge >= 0.3 is 0 Å². The molecule has 0 aliphatic carbocycles. The van der Waals surface area contributed by atoms with Gasteiger partial charge in [0.15, 0.2) is 0 Å². The van der Waals surface area contributed by atoms with Gasteiger partial charge < -0.3 is 4.90 Å². The van der Waals surface area contributed by atoms with Crippen LogP contribution in [0.25, 0.3) is 0 Å². The second-order valence-corrected chi connectivity index (χ2v) is 6.67. The molecule has 0 radical (unpaired) electrons. The van der Waals surface area contributed by atoms with Crippen LogP contribution in [0.15, 0.2) is 29.1 Å². The largest absolute Gasteiger partial charge is 0.300 e. The fourth-order valence-corrected chi connectivity index (χ4v) is 3.64. The molecule has 1 saturated heterocycles. The lowest BCUT2D eigenvalue weighted by Crippen LogP contribution is -2.47. The lowest BCUT2D eigenvalue weighted by atomic mass is 10.1. The average Bonchev–Trinajstić information content (AvgIpc) is 3.06. The van der Waals surface area contributed by atoms with Gasteiger partial charge in [-0.15, -0.1) is 11.3 Å². The van der Waals surface area contributed by atoms with E-state index in [2.05, 4.69) is 20.2 Å². The molecule has 0 unspecified atom stereocenters. The number of thiazole rings is 1. The average molecular weight is 337 g/mol. The summed E-state index contributed by atoms with van der Waals surface area (Å²) in [7, 11) is 0. The third-order valence-corrected chi connectivity index (χ3v) is 5.17. The first-order chi connectivity index (χ1) is 11.1. The van der Waals surface area contributed by atoms with Crippen LogP contribution in [0.1, 0.15) is 24.2 Å². The highest BCUT2D eigenvalue weighted by molar-refractivity contribution is 7.07. The van der Waals surface area contributed by atoms with E-state index in [0.29, 0.717) is 5.56 Å². The third kappa shape index (κ3) is 4.13. The number of halogens is 2. The molecule has 2 aromatic rings. The summed E-state index contributed by atoms with van der Waals surface area (Å²) in [6.07, 6.45) is 0.978. The molecule has 1 atom stereocenters. The first kappa shape index (κ1) is 16.5. The van der Waals surface area contributed by atoms with Crippen LogP contribution in [0.3, 0.4) is 0 Å². The number of benzene rings is 1. The van der Waals surface area contributed by atoms with E-state index in [0.717, 1.165) is 50.9 Å². The van der Waals surface area contributed by atoms with E-state index in [9.17, 15) is 8.78 Å². The zero-order chi connectivity index (χ0) is 16.2. The predicted octanol–water partition coefficient (Wildman–Crippen LogP) is 3.34. The van der Waals surface area contributed by atoms with Crippen LogP contribution in [0, 0.1) is 11.6 Å². The lowest BCUT2D eigenvalue weighted by molar-refractivity contribution is 0.101. The highest BCUT2D eigenvalue weighted by Crippen LogP contribution is 2.24. The van der Waals surface area contributed by atoms with Crippen molar-refractivity contribution >= 4 is 11.3 Å². The zero-order valence-electron chi connectivity index (χ0n) is 13.2. The summed E-state index contributed by atoms with van der Waals surface area (Å²) in [5.74, 6) is -0.978. The topological polar surface area (TPSA) is 19.4 Å². The van der Waals surface area contributed by atoms with Gasteiger partial charge in [-0.1, -0.05) is 6.07 Å². The van der Waals surface area contributed by atoms with Crippen molar-refractivity contribution in [3.8, 4) is 0 Å². The summed E-state index contributed by atoms with van der Waals surface area (Å²) in [5, 5.41) is 2.09. The van der Waals surface area contributed by atoms with Crippen LogP contribution in [0.5, 0.6) is 0 Å². The smallest absolute Gasteiger partial charge is 0.130 e. The fourth-order valence-electron chi connectivity index (χ4n) is 3.04. The minimum Gasteiger partial charge on any atom is -0.300 e. The molecule has 1 aromatic heterocycles. The van der Waals surface area contributed by atoms with Gasteiger partial charge in [0.2, 0.25) is 0 Å². The van der Waals surface area contributed by atoms with Crippen LogP contribution < -0.4 is 0 Å². The molecule has 1 aliphatic rings. The van der Waals surface area contributed by atoms with Crippen molar-refractivity contribution in [1.82, 2.24) is 14.8 Å². The molecule has 3 rings (SSSR count). The van der Waals surface area contributed by atoms with Crippen LogP contribution in [0.4, 0.5) is 8.78 Å². The summed E-state index contributed by atoms with van der Waals surface area (Å²) in [6, 6.07) is 3.83. The Morgan fingerprint density at radius 1 is 1.22 bits per heavy atom. The summed E-state index contributed by atoms with van der Waals surface area (Å²) in [4.78, 5) is 8.99. The van der Waals surface area contributed by atoms with E-state index in [1.165, 1.54) is 6.07 Å². The van der Waals surface area contributed by atoms with Crippen molar-refractivity contribution in [2.24, 2.45) is 0 Å².